The Morgan fingerprint density at radius 3 is 1.80 bits per heavy atom. The van der Waals surface area contributed by atoms with Crippen LogP contribution in [0.25, 0.3) is 5.57 Å². The maximum absolute atomic E-state index is 6.40. The second-order valence-corrected chi connectivity index (χ2v) is 6.38. The van der Waals surface area contributed by atoms with E-state index in [0.717, 1.165) is 22.3 Å². The first-order chi connectivity index (χ1) is 12.2. The number of allylic oxidation sites excluding steroid dienone is 1. The van der Waals surface area contributed by atoms with Crippen LogP contribution < -0.4 is 0 Å². The third kappa shape index (κ3) is 5.06. The lowest BCUT2D eigenvalue weighted by atomic mass is 9.98. The number of benzene rings is 3. The molecule has 0 atom stereocenters. The number of hydrogen-bond acceptors (Lipinski definition) is 1. The Morgan fingerprint density at radius 1 is 0.760 bits per heavy atom. The van der Waals surface area contributed by atoms with Crippen molar-refractivity contribution in [1.29, 1.82) is 0 Å². The zero-order valence-electron chi connectivity index (χ0n) is 13.6. The van der Waals surface area contributed by atoms with Gasteiger partial charge in [0.15, 0.2) is 0 Å². The molecule has 0 heterocycles. The average Bonchev–Trinajstić information content (AvgIpc) is 2.67. The number of aliphatic imine (C=N–C) groups is 1. The fraction of sp³-hybridized carbons (Fsp3) is 0.0455. The summed E-state index contributed by atoms with van der Waals surface area (Å²) >= 11 is 12.3. The maximum Gasteiger partial charge on any atom is 0.124 e. The van der Waals surface area contributed by atoms with E-state index in [2.05, 4.69) is 29.3 Å². The van der Waals surface area contributed by atoms with Gasteiger partial charge >= 0.3 is 0 Å². The molecule has 0 unspecified atom stereocenters. The van der Waals surface area contributed by atoms with Gasteiger partial charge in [0, 0.05) is 5.02 Å². The standard InChI is InChI=1S/C22H17Cl2N/c23-20-13-11-17(12-14-20)16-25-22(24)15-21(18-7-3-1-4-8-18)19-9-5-2-6-10-19/h1-15H,16H2. The normalized spacial score (nSPS) is 11.2. The van der Waals surface area contributed by atoms with Gasteiger partial charge in [-0.25, -0.2) is 0 Å². The molecule has 0 radical (unpaired) electrons. The molecule has 0 aromatic heterocycles. The quantitative estimate of drug-likeness (QED) is 0.451. The average molecular weight is 366 g/mol. The molecular weight excluding hydrogens is 349 g/mol. The minimum atomic E-state index is 0.470. The smallest absolute Gasteiger partial charge is 0.124 e. The van der Waals surface area contributed by atoms with Crippen LogP contribution in [0.3, 0.4) is 0 Å². The molecule has 3 heteroatoms. The molecule has 3 aromatic rings. The Balaban J connectivity index is 1.89. The molecule has 0 aliphatic rings. The van der Waals surface area contributed by atoms with Gasteiger partial charge in [0.25, 0.3) is 0 Å². The van der Waals surface area contributed by atoms with Crippen LogP contribution >= 0.6 is 23.2 Å². The number of rotatable bonds is 5. The van der Waals surface area contributed by atoms with Crippen molar-refractivity contribution in [1.82, 2.24) is 0 Å². The van der Waals surface area contributed by atoms with Crippen molar-refractivity contribution in [3.05, 3.63) is 113 Å². The van der Waals surface area contributed by atoms with E-state index in [1.54, 1.807) is 0 Å². The minimum Gasteiger partial charge on any atom is -0.268 e. The van der Waals surface area contributed by atoms with Crippen LogP contribution in [0.2, 0.25) is 5.02 Å². The van der Waals surface area contributed by atoms with Crippen molar-refractivity contribution < 1.29 is 0 Å². The SMILES string of the molecule is ClC(C=C(c1ccccc1)c1ccccc1)=NCc1ccc(Cl)cc1. The van der Waals surface area contributed by atoms with E-state index in [9.17, 15) is 0 Å². The van der Waals surface area contributed by atoms with E-state index < -0.39 is 0 Å². The highest BCUT2D eigenvalue weighted by molar-refractivity contribution is 6.69. The topological polar surface area (TPSA) is 12.4 Å². The van der Waals surface area contributed by atoms with Gasteiger partial charge in [-0.05, 0) is 40.5 Å². The second-order valence-electron chi connectivity index (χ2n) is 5.56. The van der Waals surface area contributed by atoms with Gasteiger partial charge in [-0.1, -0.05) is 96.0 Å². The summed E-state index contributed by atoms with van der Waals surface area (Å²) in [6.07, 6.45) is 1.92. The first-order valence-corrected chi connectivity index (χ1v) is 8.75. The van der Waals surface area contributed by atoms with Crippen LogP contribution in [0, 0.1) is 0 Å². The molecule has 0 fully saturated rings. The lowest BCUT2D eigenvalue weighted by molar-refractivity contribution is 1.08. The van der Waals surface area contributed by atoms with Crippen molar-refractivity contribution in [2.75, 3.05) is 0 Å². The van der Waals surface area contributed by atoms with Gasteiger partial charge in [-0.2, -0.15) is 0 Å². The summed E-state index contributed by atoms with van der Waals surface area (Å²) in [6, 6.07) is 28.0. The number of nitrogens with zero attached hydrogens (tertiary/aromatic N) is 1. The van der Waals surface area contributed by atoms with Crippen LogP contribution in [0.4, 0.5) is 0 Å². The molecule has 0 aliphatic heterocycles. The zero-order chi connectivity index (χ0) is 17.5. The fourth-order valence-corrected chi connectivity index (χ4v) is 2.78. The highest BCUT2D eigenvalue weighted by Gasteiger charge is 2.05. The summed E-state index contributed by atoms with van der Waals surface area (Å²) in [7, 11) is 0. The van der Waals surface area contributed by atoms with Gasteiger partial charge < -0.3 is 0 Å². The van der Waals surface area contributed by atoms with E-state index in [1.807, 2.05) is 66.7 Å². The number of halogens is 2. The van der Waals surface area contributed by atoms with E-state index >= 15 is 0 Å². The first kappa shape index (κ1) is 17.5. The van der Waals surface area contributed by atoms with Gasteiger partial charge in [-0.3, -0.25) is 4.99 Å². The van der Waals surface area contributed by atoms with E-state index in [0.29, 0.717) is 16.7 Å². The molecule has 1 nitrogen and oxygen atoms in total. The third-order valence-electron chi connectivity index (χ3n) is 3.76. The van der Waals surface area contributed by atoms with Gasteiger partial charge in [-0.15, -0.1) is 0 Å². The van der Waals surface area contributed by atoms with Crippen molar-refractivity contribution in [3.8, 4) is 0 Å². The van der Waals surface area contributed by atoms with Crippen LogP contribution in [-0.2, 0) is 6.54 Å². The van der Waals surface area contributed by atoms with E-state index in [-0.39, 0.29) is 0 Å². The molecule has 25 heavy (non-hydrogen) atoms. The Bertz CT molecular complexity index is 825. The largest absolute Gasteiger partial charge is 0.268 e. The minimum absolute atomic E-state index is 0.470. The molecule has 0 saturated carbocycles. The van der Waals surface area contributed by atoms with E-state index in [4.69, 9.17) is 23.2 Å². The monoisotopic (exact) mass is 365 g/mol. The van der Waals surface area contributed by atoms with Gasteiger partial charge in [0.2, 0.25) is 0 Å². The van der Waals surface area contributed by atoms with Crippen LogP contribution in [0.15, 0.2) is 96.0 Å². The molecule has 0 amide bonds. The summed E-state index contributed by atoms with van der Waals surface area (Å²) in [6.45, 7) is 0.517. The lowest BCUT2D eigenvalue weighted by Crippen LogP contribution is -1.92. The molecule has 0 aliphatic carbocycles. The Kier molecular flexibility index (Phi) is 6.05. The van der Waals surface area contributed by atoms with Crippen molar-refractivity contribution in [3.63, 3.8) is 0 Å². The van der Waals surface area contributed by atoms with Crippen LogP contribution in [0.5, 0.6) is 0 Å². The van der Waals surface area contributed by atoms with Crippen molar-refractivity contribution >= 4 is 33.9 Å². The van der Waals surface area contributed by atoms with Gasteiger partial charge in [0.05, 0.1) is 6.54 Å². The summed E-state index contributed by atoms with van der Waals surface area (Å²) in [5.74, 6) is 0. The second kappa shape index (κ2) is 8.66. The summed E-state index contributed by atoms with van der Waals surface area (Å²) in [5.41, 5.74) is 4.32. The third-order valence-corrected chi connectivity index (χ3v) is 4.24. The summed E-state index contributed by atoms with van der Waals surface area (Å²) in [5, 5.41) is 1.19. The Morgan fingerprint density at radius 2 is 1.28 bits per heavy atom. The molecule has 0 spiro atoms. The Labute approximate surface area is 158 Å². The van der Waals surface area contributed by atoms with Crippen molar-refractivity contribution in [2.45, 2.75) is 6.54 Å². The highest BCUT2D eigenvalue weighted by atomic mass is 35.5. The lowest BCUT2D eigenvalue weighted by Gasteiger charge is -2.08. The molecular formula is C22H17Cl2N. The van der Waals surface area contributed by atoms with Crippen LogP contribution in [0.1, 0.15) is 16.7 Å². The predicted octanol–water partition coefficient (Wildman–Crippen LogP) is 6.61. The van der Waals surface area contributed by atoms with Gasteiger partial charge in [0.1, 0.15) is 5.17 Å². The maximum atomic E-state index is 6.40. The fourth-order valence-electron chi connectivity index (χ4n) is 2.49. The predicted molar refractivity (Wildman–Crippen MR) is 108 cm³/mol. The van der Waals surface area contributed by atoms with E-state index in [1.165, 1.54) is 0 Å². The molecule has 0 bridgehead atoms. The van der Waals surface area contributed by atoms with Crippen LogP contribution in [-0.4, -0.2) is 5.17 Å². The number of hydrogen-bond donors (Lipinski definition) is 0. The molecule has 3 rings (SSSR count). The molecule has 3 aromatic carbocycles. The molecule has 124 valence electrons. The summed E-state index contributed by atoms with van der Waals surface area (Å²) < 4.78 is 0. The molecule has 0 N–H and O–H groups in total. The summed E-state index contributed by atoms with van der Waals surface area (Å²) in [4.78, 5) is 4.48. The van der Waals surface area contributed by atoms with Crippen molar-refractivity contribution in [2.24, 2.45) is 4.99 Å². The zero-order valence-corrected chi connectivity index (χ0v) is 15.1. The highest BCUT2D eigenvalue weighted by Crippen LogP contribution is 2.23. The first-order valence-electron chi connectivity index (χ1n) is 7.99. The Hall–Kier alpha value is -2.35. The molecule has 0 saturated heterocycles.